The normalized spacial score (nSPS) is 14.1. The van der Waals surface area contributed by atoms with E-state index in [1.54, 1.807) is 0 Å². The van der Waals surface area contributed by atoms with Gasteiger partial charge in [0.15, 0.2) is 6.73 Å². The maximum Gasteiger partial charge on any atom is 0.161 e. The van der Waals surface area contributed by atoms with E-state index in [-0.39, 0.29) is 0 Å². The van der Waals surface area contributed by atoms with Gasteiger partial charge in [0.05, 0.1) is 0 Å². The van der Waals surface area contributed by atoms with Crippen molar-refractivity contribution in [2.24, 2.45) is 0 Å². The topological polar surface area (TPSA) is 12.5 Å². The number of benzene rings is 2. The van der Waals surface area contributed by atoms with Crippen molar-refractivity contribution < 1.29 is 4.74 Å². The highest BCUT2D eigenvalue weighted by atomic mass is 16.5. The van der Waals surface area contributed by atoms with E-state index in [9.17, 15) is 0 Å². The van der Waals surface area contributed by atoms with Crippen molar-refractivity contribution in [2.75, 3.05) is 11.6 Å². The Morgan fingerprint density at radius 1 is 1.00 bits per heavy atom. The van der Waals surface area contributed by atoms with Gasteiger partial charge in [-0.05, 0) is 25.1 Å². The monoisotopic (exact) mass is 225 g/mol. The molecule has 1 heterocycles. The lowest BCUT2D eigenvalue weighted by atomic mass is 10.1. The fourth-order valence-electron chi connectivity index (χ4n) is 2.10. The Bertz CT molecular complexity index is 519. The molecule has 0 spiro atoms. The first-order chi connectivity index (χ1) is 8.33. The molecule has 0 atom stereocenters. The zero-order valence-corrected chi connectivity index (χ0v) is 9.89. The molecule has 2 aromatic carbocycles. The van der Waals surface area contributed by atoms with E-state index in [1.807, 2.05) is 12.1 Å². The first-order valence-corrected chi connectivity index (χ1v) is 5.85. The van der Waals surface area contributed by atoms with Crippen LogP contribution < -0.4 is 9.64 Å². The van der Waals surface area contributed by atoms with Crippen molar-refractivity contribution >= 4 is 5.69 Å². The molecule has 1 aliphatic heterocycles. The minimum Gasteiger partial charge on any atom is -0.473 e. The molecule has 0 aliphatic carbocycles. The van der Waals surface area contributed by atoms with Gasteiger partial charge in [0, 0.05) is 17.8 Å². The van der Waals surface area contributed by atoms with Crippen LogP contribution >= 0.6 is 0 Å². The average Bonchev–Trinajstić information content (AvgIpc) is 2.39. The van der Waals surface area contributed by atoms with Crippen molar-refractivity contribution in [1.82, 2.24) is 0 Å². The van der Waals surface area contributed by atoms with Gasteiger partial charge in [0.1, 0.15) is 5.75 Å². The van der Waals surface area contributed by atoms with E-state index < -0.39 is 0 Å². The molecular weight excluding hydrogens is 210 g/mol. The van der Waals surface area contributed by atoms with Gasteiger partial charge in [-0.15, -0.1) is 0 Å². The molecule has 86 valence electrons. The number of aryl methyl sites for hydroxylation is 1. The summed E-state index contributed by atoms with van der Waals surface area (Å²) in [6, 6.07) is 16.8. The summed E-state index contributed by atoms with van der Waals surface area (Å²) in [5, 5.41) is 0. The van der Waals surface area contributed by atoms with Crippen molar-refractivity contribution in [3.63, 3.8) is 0 Å². The number of hydrogen-bond acceptors (Lipinski definition) is 2. The third-order valence-electron chi connectivity index (χ3n) is 3.11. The molecule has 0 bridgehead atoms. The second kappa shape index (κ2) is 4.13. The Hall–Kier alpha value is -1.96. The number of anilines is 1. The van der Waals surface area contributed by atoms with Gasteiger partial charge in [0.2, 0.25) is 0 Å². The van der Waals surface area contributed by atoms with E-state index in [2.05, 4.69) is 48.2 Å². The molecule has 0 amide bonds. The van der Waals surface area contributed by atoms with Gasteiger partial charge >= 0.3 is 0 Å². The molecule has 17 heavy (non-hydrogen) atoms. The molecule has 0 fully saturated rings. The van der Waals surface area contributed by atoms with Gasteiger partial charge in [-0.25, -0.2) is 0 Å². The number of rotatable bonds is 1. The van der Waals surface area contributed by atoms with Crippen LogP contribution in [0, 0.1) is 6.92 Å². The van der Waals surface area contributed by atoms with E-state index in [1.165, 1.54) is 16.8 Å². The lowest BCUT2D eigenvalue weighted by molar-refractivity contribution is 0.289. The van der Waals surface area contributed by atoms with Crippen LogP contribution in [0.3, 0.4) is 0 Å². The van der Waals surface area contributed by atoms with Crippen molar-refractivity contribution in [2.45, 2.75) is 13.5 Å². The molecule has 0 saturated carbocycles. The van der Waals surface area contributed by atoms with Crippen LogP contribution in [0.1, 0.15) is 11.1 Å². The van der Waals surface area contributed by atoms with Crippen molar-refractivity contribution in [3.8, 4) is 5.75 Å². The smallest absolute Gasteiger partial charge is 0.161 e. The van der Waals surface area contributed by atoms with Gasteiger partial charge in [-0.2, -0.15) is 0 Å². The minimum atomic E-state index is 0.625. The molecule has 0 radical (unpaired) electrons. The summed E-state index contributed by atoms with van der Waals surface area (Å²) in [6.07, 6.45) is 0. The Morgan fingerprint density at radius 3 is 2.59 bits per heavy atom. The molecular formula is C15H15NO. The largest absolute Gasteiger partial charge is 0.473 e. The minimum absolute atomic E-state index is 0.625. The van der Waals surface area contributed by atoms with Crippen molar-refractivity contribution in [1.29, 1.82) is 0 Å². The van der Waals surface area contributed by atoms with E-state index >= 15 is 0 Å². The number of nitrogens with zero attached hydrogens (tertiary/aromatic N) is 1. The van der Waals surface area contributed by atoms with Crippen LogP contribution in [0.2, 0.25) is 0 Å². The van der Waals surface area contributed by atoms with Gasteiger partial charge < -0.3 is 9.64 Å². The molecule has 2 heteroatoms. The highest BCUT2D eigenvalue weighted by molar-refractivity contribution is 5.50. The summed E-state index contributed by atoms with van der Waals surface area (Å²) < 4.78 is 5.75. The Balaban J connectivity index is 1.86. The summed E-state index contributed by atoms with van der Waals surface area (Å²) in [5.74, 6) is 1.01. The summed E-state index contributed by atoms with van der Waals surface area (Å²) in [6.45, 7) is 3.64. The molecule has 2 nitrogen and oxygen atoms in total. The number of hydrogen-bond donors (Lipinski definition) is 0. The number of ether oxygens (including phenoxy) is 1. The van der Waals surface area contributed by atoms with Crippen LogP contribution in [0.4, 0.5) is 5.69 Å². The zero-order chi connectivity index (χ0) is 11.7. The number of fused-ring (bicyclic) bond motifs is 1. The first-order valence-electron chi connectivity index (χ1n) is 5.85. The van der Waals surface area contributed by atoms with Crippen LogP contribution in [0.25, 0.3) is 0 Å². The summed E-state index contributed by atoms with van der Waals surface area (Å²) in [5.41, 5.74) is 3.75. The molecule has 0 N–H and O–H groups in total. The molecule has 0 unspecified atom stereocenters. The Morgan fingerprint density at radius 2 is 1.76 bits per heavy atom. The molecule has 1 aliphatic rings. The van der Waals surface area contributed by atoms with Gasteiger partial charge in [-0.3, -0.25) is 0 Å². The standard InChI is InChI=1S/C15H15NO/c1-12-6-8-14(9-7-12)16-10-13-4-2-3-5-15(13)17-11-16/h2-9H,10-11H2,1H3. The van der Waals surface area contributed by atoms with Gasteiger partial charge in [0.25, 0.3) is 0 Å². The van der Waals surface area contributed by atoms with Crippen LogP contribution in [-0.2, 0) is 6.54 Å². The molecule has 3 rings (SSSR count). The summed E-state index contributed by atoms with van der Waals surface area (Å²) in [7, 11) is 0. The van der Waals surface area contributed by atoms with Crippen molar-refractivity contribution in [3.05, 3.63) is 59.7 Å². The fourth-order valence-corrected chi connectivity index (χ4v) is 2.10. The highest BCUT2D eigenvalue weighted by Crippen LogP contribution is 2.27. The van der Waals surface area contributed by atoms with E-state index in [0.29, 0.717) is 6.73 Å². The first kappa shape index (κ1) is 10.2. The van der Waals surface area contributed by atoms with E-state index in [0.717, 1.165) is 12.3 Å². The highest BCUT2D eigenvalue weighted by Gasteiger charge is 2.16. The predicted molar refractivity (Wildman–Crippen MR) is 69.3 cm³/mol. The number of para-hydroxylation sites is 1. The van der Waals surface area contributed by atoms with Crippen LogP contribution in [0.15, 0.2) is 48.5 Å². The second-order valence-electron chi connectivity index (χ2n) is 4.41. The summed E-state index contributed by atoms with van der Waals surface area (Å²) >= 11 is 0. The predicted octanol–water partition coefficient (Wildman–Crippen LogP) is 3.35. The van der Waals surface area contributed by atoms with Crippen LogP contribution in [-0.4, -0.2) is 6.73 Å². The lowest BCUT2D eigenvalue weighted by Crippen LogP contribution is -2.31. The maximum absolute atomic E-state index is 5.75. The van der Waals surface area contributed by atoms with E-state index in [4.69, 9.17) is 4.74 Å². The average molecular weight is 225 g/mol. The second-order valence-corrected chi connectivity index (χ2v) is 4.41. The zero-order valence-electron chi connectivity index (χ0n) is 9.89. The third-order valence-corrected chi connectivity index (χ3v) is 3.11. The Labute approximate surface area is 101 Å². The van der Waals surface area contributed by atoms with Crippen LogP contribution in [0.5, 0.6) is 5.75 Å². The fraction of sp³-hybridized carbons (Fsp3) is 0.200. The lowest BCUT2D eigenvalue weighted by Gasteiger charge is -2.30. The summed E-state index contributed by atoms with van der Waals surface area (Å²) in [4.78, 5) is 2.24. The molecule has 0 aromatic heterocycles. The Kier molecular flexibility index (Phi) is 2.48. The molecule has 0 saturated heterocycles. The SMILES string of the molecule is Cc1ccc(N2COc3ccccc3C2)cc1. The third kappa shape index (κ3) is 1.98. The quantitative estimate of drug-likeness (QED) is 0.738. The molecule has 2 aromatic rings. The maximum atomic E-state index is 5.75. The van der Waals surface area contributed by atoms with Gasteiger partial charge in [-0.1, -0.05) is 35.9 Å².